The second-order valence-electron chi connectivity index (χ2n) is 4.25. The SMILES string of the molecule is CCc1cccc(Oc2c(CO)c(C)nn2C)c1. The Kier molecular flexibility index (Phi) is 3.67. The Morgan fingerprint density at radius 3 is 2.83 bits per heavy atom. The van der Waals surface area contributed by atoms with E-state index in [9.17, 15) is 5.11 Å². The van der Waals surface area contributed by atoms with Crippen LogP contribution in [0.25, 0.3) is 0 Å². The van der Waals surface area contributed by atoms with Gasteiger partial charge in [-0.05, 0) is 31.0 Å². The molecule has 1 aromatic heterocycles. The van der Waals surface area contributed by atoms with Crippen LogP contribution in [-0.2, 0) is 20.1 Å². The molecule has 96 valence electrons. The van der Waals surface area contributed by atoms with Crippen molar-refractivity contribution in [3.63, 3.8) is 0 Å². The third-order valence-electron chi connectivity index (χ3n) is 2.97. The summed E-state index contributed by atoms with van der Waals surface area (Å²) >= 11 is 0. The zero-order valence-electron chi connectivity index (χ0n) is 11.0. The summed E-state index contributed by atoms with van der Waals surface area (Å²) in [6.07, 6.45) is 0.967. The third kappa shape index (κ3) is 2.38. The maximum atomic E-state index is 9.36. The molecular weight excluding hydrogens is 228 g/mol. The molecule has 0 spiro atoms. The Labute approximate surface area is 107 Å². The molecule has 4 heteroatoms. The molecule has 0 fully saturated rings. The van der Waals surface area contributed by atoms with Crippen LogP contribution in [0.15, 0.2) is 24.3 Å². The van der Waals surface area contributed by atoms with Crippen LogP contribution < -0.4 is 4.74 Å². The van der Waals surface area contributed by atoms with Gasteiger partial charge in [-0.3, -0.25) is 0 Å². The molecule has 2 aromatic rings. The van der Waals surface area contributed by atoms with Gasteiger partial charge in [0.25, 0.3) is 0 Å². The van der Waals surface area contributed by atoms with Crippen molar-refractivity contribution in [2.45, 2.75) is 26.9 Å². The highest BCUT2D eigenvalue weighted by atomic mass is 16.5. The van der Waals surface area contributed by atoms with Gasteiger partial charge in [0.2, 0.25) is 5.88 Å². The smallest absolute Gasteiger partial charge is 0.223 e. The lowest BCUT2D eigenvalue weighted by molar-refractivity contribution is 0.274. The molecule has 0 aliphatic heterocycles. The van der Waals surface area contributed by atoms with Gasteiger partial charge in [-0.2, -0.15) is 5.10 Å². The number of benzene rings is 1. The normalized spacial score (nSPS) is 10.7. The topological polar surface area (TPSA) is 47.3 Å². The van der Waals surface area contributed by atoms with Gasteiger partial charge in [-0.25, -0.2) is 4.68 Å². The van der Waals surface area contributed by atoms with E-state index in [-0.39, 0.29) is 6.61 Å². The maximum absolute atomic E-state index is 9.36. The number of hydrogen-bond donors (Lipinski definition) is 1. The molecule has 0 saturated heterocycles. The minimum atomic E-state index is -0.0670. The van der Waals surface area contributed by atoms with Crippen molar-refractivity contribution in [1.29, 1.82) is 0 Å². The van der Waals surface area contributed by atoms with Crippen LogP contribution in [0.5, 0.6) is 11.6 Å². The Morgan fingerprint density at radius 1 is 1.39 bits per heavy atom. The number of rotatable bonds is 4. The summed E-state index contributed by atoms with van der Waals surface area (Å²) in [4.78, 5) is 0. The molecule has 18 heavy (non-hydrogen) atoms. The van der Waals surface area contributed by atoms with Crippen LogP contribution in [0.2, 0.25) is 0 Å². The van der Waals surface area contributed by atoms with E-state index in [0.29, 0.717) is 5.88 Å². The molecule has 0 amide bonds. The van der Waals surface area contributed by atoms with Crippen molar-refractivity contribution >= 4 is 0 Å². The quantitative estimate of drug-likeness (QED) is 0.902. The van der Waals surface area contributed by atoms with E-state index in [0.717, 1.165) is 23.4 Å². The van der Waals surface area contributed by atoms with Crippen molar-refractivity contribution in [3.05, 3.63) is 41.1 Å². The first-order valence-corrected chi connectivity index (χ1v) is 6.05. The first kappa shape index (κ1) is 12.6. The minimum absolute atomic E-state index is 0.0670. The van der Waals surface area contributed by atoms with Crippen LogP contribution >= 0.6 is 0 Å². The largest absolute Gasteiger partial charge is 0.439 e. The lowest BCUT2D eigenvalue weighted by Crippen LogP contribution is -1.97. The number of ether oxygens (including phenoxy) is 1. The Morgan fingerprint density at radius 2 is 2.17 bits per heavy atom. The Bertz CT molecular complexity index is 547. The van der Waals surface area contributed by atoms with Gasteiger partial charge in [0.15, 0.2) is 0 Å². The summed E-state index contributed by atoms with van der Waals surface area (Å²) in [6.45, 7) is 3.90. The van der Waals surface area contributed by atoms with Crippen molar-refractivity contribution in [2.24, 2.45) is 7.05 Å². The molecule has 0 aliphatic rings. The first-order chi connectivity index (χ1) is 8.65. The van der Waals surface area contributed by atoms with Crippen LogP contribution in [0.3, 0.4) is 0 Å². The number of aryl methyl sites for hydroxylation is 3. The highest BCUT2D eigenvalue weighted by Gasteiger charge is 2.14. The summed E-state index contributed by atoms with van der Waals surface area (Å²) in [6, 6.07) is 7.94. The van der Waals surface area contributed by atoms with E-state index in [1.165, 1.54) is 5.56 Å². The second-order valence-corrected chi connectivity index (χ2v) is 4.25. The van der Waals surface area contributed by atoms with Gasteiger partial charge in [0.05, 0.1) is 17.9 Å². The fourth-order valence-electron chi connectivity index (χ4n) is 1.93. The lowest BCUT2D eigenvalue weighted by atomic mass is 10.2. The summed E-state index contributed by atoms with van der Waals surface area (Å²) in [7, 11) is 1.81. The molecule has 0 unspecified atom stereocenters. The van der Waals surface area contributed by atoms with E-state index < -0.39 is 0 Å². The van der Waals surface area contributed by atoms with Crippen molar-refractivity contribution in [2.75, 3.05) is 0 Å². The molecule has 1 heterocycles. The number of hydrogen-bond acceptors (Lipinski definition) is 3. The zero-order chi connectivity index (χ0) is 13.1. The molecule has 0 radical (unpaired) electrons. The summed E-state index contributed by atoms with van der Waals surface area (Å²) in [5, 5.41) is 13.6. The predicted molar refractivity (Wildman–Crippen MR) is 69.8 cm³/mol. The monoisotopic (exact) mass is 246 g/mol. The van der Waals surface area contributed by atoms with Gasteiger partial charge < -0.3 is 9.84 Å². The molecule has 0 atom stereocenters. The van der Waals surface area contributed by atoms with Crippen LogP contribution in [0.4, 0.5) is 0 Å². The number of aromatic nitrogens is 2. The Hall–Kier alpha value is -1.81. The second kappa shape index (κ2) is 5.23. The van der Waals surface area contributed by atoms with Crippen molar-refractivity contribution in [1.82, 2.24) is 9.78 Å². The van der Waals surface area contributed by atoms with Gasteiger partial charge in [-0.1, -0.05) is 19.1 Å². The average Bonchev–Trinajstić information content (AvgIpc) is 2.64. The maximum Gasteiger partial charge on any atom is 0.223 e. The molecule has 4 nitrogen and oxygen atoms in total. The summed E-state index contributed by atoms with van der Waals surface area (Å²) < 4.78 is 7.49. The Balaban J connectivity index is 2.33. The van der Waals surface area contributed by atoms with Crippen LogP contribution in [-0.4, -0.2) is 14.9 Å². The summed E-state index contributed by atoms with van der Waals surface area (Å²) in [5.41, 5.74) is 2.75. The molecule has 1 N–H and O–H groups in total. The fraction of sp³-hybridized carbons (Fsp3) is 0.357. The fourth-order valence-corrected chi connectivity index (χ4v) is 1.93. The van der Waals surface area contributed by atoms with E-state index in [1.54, 1.807) is 4.68 Å². The molecule has 1 aromatic carbocycles. The van der Waals surface area contributed by atoms with Gasteiger partial charge in [0, 0.05) is 7.05 Å². The summed E-state index contributed by atoms with van der Waals surface area (Å²) in [5.74, 6) is 1.37. The van der Waals surface area contributed by atoms with Crippen molar-refractivity contribution < 1.29 is 9.84 Å². The standard InChI is InChI=1S/C14H18N2O2/c1-4-11-6-5-7-12(8-11)18-14-13(9-17)10(2)15-16(14)3/h5-8,17H,4,9H2,1-3H3. The first-order valence-electron chi connectivity index (χ1n) is 6.05. The molecule has 0 aliphatic carbocycles. The van der Waals surface area contributed by atoms with E-state index in [4.69, 9.17) is 4.74 Å². The van der Waals surface area contributed by atoms with Gasteiger partial charge in [-0.15, -0.1) is 0 Å². The predicted octanol–water partition coefficient (Wildman–Crippen LogP) is 2.58. The van der Waals surface area contributed by atoms with Gasteiger partial charge >= 0.3 is 0 Å². The highest BCUT2D eigenvalue weighted by molar-refractivity contribution is 5.36. The van der Waals surface area contributed by atoms with Crippen molar-refractivity contribution in [3.8, 4) is 11.6 Å². The number of aliphatic hydroxyl groups is 1. The number of nitrogens with zero attached hydrogens (tertiary/aromatic N) is 2. The van der Waals surface area contributed by atoms with Crippen LogP contribution in [0, 0.1) is 6.92 Å². The molecule has 2 rings (SSSR count). The highest BCUT2D eigenvalue weighted by Crippen LogP contribution is 2.27. The van der Waals surface area contributed by atoms with E-state index in [2.05, 4.69) is 18.1 Å². The van der Waals surface area contributed by atoms with E-state index >= 15 is 0 Å². The average molecular weight is 246 g/mol. The van der Waals surface area contributed by atoms with Crippen LogP contribution in [0.1, 0.15) is 23.7 Å². The number of aliphatic hydroxyl groups excluding tert-OH is 1. The molecule has 0 bridgehead atoms. The van der Waals surface area contributed by atoms with E-state index in [1.807, 2.05) is 32.2 Å². The van der Waals surface area contributed by atoms with Gasteiger partial charge in [0.1, 0.15) is 5.75 Å². The molecular formula is C14H18N2O2. The minimum Gasteiger partial charge on any atom is -0.439 e. The zero-order valence-corrected chi connectivity index (χ0v) is 11.0. The molecule has 0 saturated carbocycles. The third-order valence-corrected chi connectivity index (χ3v) is 2.97. The lowest BCUT2D eigenvalue weighted by Gasteiger charge is -2.08.